The minimum Gasteiger partial charge on any atom is -0.394 e. The normalized spacial score (nSPS) is 17.1. The molecule has 0 atom stereocenters. The van der Waals surface area contributed by atoms with Crippen molar-refractivity contribution >= 4 is 0 Å². The molecule has 1 fully saturated rings. The second kappa shape index (κ2) is 5.11. The summed E-state index contributed by atoms with van der Waals surface area (Å²) in [5.41, 5.74) is 2.72. The summed E-state index contributed by atoms with van der Waals surface area (Å²) < 4.78 is 0. The monoisotopic (exact) mass is 258 g/mol. The summed E-state index contributed by atoms with van der Waals surface area (Å²) in [7, 11) is 0. The van der Waals surface area contributed by atoms with Gasteiger partial charge in [-0.15, -0.1) is 0 Å². The Bertz CT molecular complexity index is 528. The minimum absolute atomic E-state index is 0.104. The zero-order valence-corrected chi connectivity index (χ0v) is 10.8. The van der Waals surface area contributed by atoms with Gasteiger partial charge in [-0.25, -0.2) is 0 Å². The first-order chi connectivity index (χ1) is 9.33. The van der Waals surface area contributed by atoms with Gasteiger partial charge in [-0.3, -0.25) is 0 Å². The molecule has 0 aliphatic heterocycles. The summed E-state index contributed by atoms with van der Waals surface area (Å²) in [5.74, 6) is 0. The van der Waals surface area contributed by atoms with Crippen molar-refractivity contribution in [2.24, 2.45) is 0 Å². The fraction of sp³-hybridized carbons (Fsp3) is 0.429. The Morgan fingerprint density at radius 2 is 2.00 bits per heavy atom. The van der Waals surface area contributed by atoms with Gasteiger partial charge >= 0.3 is 0 Å². The lowest BCUT2D eigenvalue weighted by Crippen LogP contribution is -2.53. The van der Waals surface area contributed by atoms with E-state index in [1.165, 1.54) is 6.42 Å². The van der Waals surface area contributed by atoms with Crippen LogP contribution in [0, 0.1) is 0 Å². The summed E-state index contributed by atoms with van der Waals surface area (Å²) in [6.45, 7) is 0.812. The first kappa shape index (κ1) is 12.3. The first-order valence-electron chi connectivity index (χ1n) is 6.64. The molecule has 1 aliphatic rings. The van der Waals surface area contributed by atoms with E-state index in [0.717, 1.165) is 29.8 Å². The van der Waals surface area contributed by atoms with Gasteiger partial charge in [-0.05, 0) is 19.3 Å². The maximum atomic E-state index is 9.45. The molecule has 0 spiro atoms. The number of nitrogens with one attached hydrogen (secondary N) is 2. The third kappa shape index (κ3) is 2.39. The summed E-state index contributed by atoms with van der Waals surface area (Å²) in [6, 6.07) is 10.0. The molecule has 3 rings (SSSR count). The highest BCUT2D eigenvalue weighted by Gasteiger charge is 2.35. The van der Waals surface area contributed by atoms with Crippen LogP contribution in [-0.2, 0) is 6.54 Å². The van der Waals surface area contributed by atoms with Crippen molar-refractivity contribution in [2.45, 2.75) is 31.3 Å². The lowest BCUT2D eigenvalue weighted by molar-refractivity contribution is 0.0869. The molecular weight excluding hydrogens is 240 g/mol. The third-order valence-electron chi connectivity index (χ3n) is 3.91. The molecule has 19 heavy (non-hydrogen) atoms. The topological polar surface area (TPSA) is 73.8 Å². The molecule has 3 N–H and O–H groups in total. The molecule has 1 heterocycles. The van der Waals surface area contributed by atoms with E-state index in [-0.39, 0.29) is 12.1 Å². The average molecular weight is 258 g/mol. The maximum absolute atomic E-state index is 9.45. The smallest absolute Gasteiger partial charge is 0.117 e. The van der Waals surface area contributed by atoms with E-state index in [9.17, 15) is 5.11 Å². The van der Waals surface area contributed by atoms with Crippen LogP contribution in [0.4, 0.5) is 0 Å². The predicted molar refractivity (Wildman–Crippen MR) is 72.3 cm³/mol. The van der Waals surface area contributed by atoms with Crippen molar-refractivity contribution in [2.75, 3.05) is 6.61 Å². The van der Waals surface area contributed by atoms with Crippen LogP contribution in [0.5, 0.6) is 0 Å². The summed E-state index contributed by atoms with van der Waals surface area (Å²) >= 11 is 0. The van der Waals surface area contributed by atoms with Crippen molar-refractivity contribution in [1.82, 2.24) is 20.7 Å². The lowest BCUT2D eigenvalue weighted by atomic mass is 9.77. The number of H-pyrrole nitrogens is 1. The van der Waals surface area contributed by atoms with Crippen LogP contribution in [-0.4, -0.2) is 32.7 Å². The number of aromatic nitrogens is 3. The van der Waals surface area contributed by atoms with Crippen LogP contribution in [0.3, 0.4) is 0 Å². The van der Waals surface area contributed by atoms with Crippen molar-refractivity contribution in [3.8, 4) is 11.3 Å². The number of rotatable bonds is 5. The van der Waals surface area contributed by atoms with Crippen LogP contribution in [0.25, 0.3) is 11.3 Å². The van der Waals surface area contributed by atoms with Gasteiger partial charge in [0.1, 0.15) is 11.4 Å². The molecule has 1 aromatic carbocycles. The number of benzene rings is 1. The van der Waals surface area contributed by atoms with Crippen molar-refractivity contribution in [3.05, 3.63) is 36.0 Å². The Labute approximate surface area is 112 Å². The van der Waals surface area contributed by atoms with Crippen molar-refractivity contribution in [3.63, 3.8) is 0 Å². The molecule has 1 aliphatic carbocycles. The Morgan fingerprint density at radius 3 is 2.63 bits per heavy atom. The minimum atomic E-state index is -0.104. The summed E-state index contributed by atoms with van der Waals surface area (Å²) in [6.07, 6.45) is 3.24. The average Bonchev–Trinajstić information content (AvgIpc) is 2.87. The highest BCUT2D eigenvalue weighted by molar-refractivity contribution is 5.60. The largest absolute Gasteiger partial charge is 0.394 e. The highest BCUT2D eigenvalue weighted by atomic mass is 16.3. The lowest BCUT2D eigenvalue weighted by Gasteiger charge is -2.41. The molecule has 1 aromatic heterocycles. The fourth-order valence-corrected chi connectivity index (χ4v) is 2.47. The predicted octanol–water partition coefficient (Wildman–Crippen LogP) is 1.48. The van der Waals surface area contributed by atoms with E-state index in [0.29, 0.717) is 6.54 Å². The maximum Gasteiger partial charge on any atom is 0.117 e. The highest BCUT2D eigenvalue weighted by Crippen LogP contribution is 2.31. The molecule has 0 unspecified atom stereocenters. The third-order valence-corrected chi connectivity index (χ3v) is 3.91. The molecular formula is C14H18N4O. The summed E-state index contributed by atoms with van der Waals surface area (Å²) in [5, 5.41) is 24.0. The SMILES string of the molecule is OCC1(NCc2n[nH]nc2-c2ccccc2)CCC1. The quantitative estimate of drug-likeness (QED) is 0.759. The molecule has 0 radical (unpaired) electrons. The van der Waals surface area contributed by atoms with E-state index < -0.39 is 0 Å². The zero-order chi connectivity index (χ0) is 13.1. The number of nitrogens with zero attached hydrogens (tertiary/aromatic N) is 2. The molecule has 5 nitrogen and oxygen atoms in total. The number of aromatic amines is 1. The van der Waals surface area contributed by atoms with Gasteiger partial charge in [-0.1, -0.05) is 30.3 Å². The van der Waals surface area contributed by atoms with Crippen LogP contribution >= 0.6 is 0 Å². The zero-order valence-electron chi connectivity index (χ0n) is 10.8. The Balaban J connectivity index is 1.74. The van der Waals surface area contributed by atoms with Gasteiger partial charge in [0.25, 0.3) is 0 Å². The second-order valence-corrected chi connectivity index (χ2v) is 5.13. The van der Waals surface area contributed by atoms with Gasteiger partial charge in [0.15, 0.2) is 0 Å². The molecule has 0 saturated heterocycles. The van der Waals surface area contributed by atoms with Crippen molar-refractivity contribution < 1.29 is 5.11 Å². The molecule has 0 amide bonds. The van der Waals surface area contributed by atoms with Crippen molar-refractivity contribution in [1.29, 1.82) is 0 Å². The Kier molecular flexibility index (Phi) is 3.31. The number of aliphatic hydroxyl groups excluding tert-OH is 1. The molecule has 0 bridgehead atoms. The number of aliphatic hydroxyl groups is 1. The Hall–Kier alpha value is -1.72. The van der Waals surface area contributed by atoms with E-state index in [1.807, 2.05) is 30.3 Å². The van der Waals surface area contributed by atoms with Crippen LogP contribution in [0.15, 0.2) is 30.3 Å². The van der Waals surface area contributed by atoms with Gasteiger partial charge in [0.05, 0.1) is 6.61 Å². The summed E-state index contributed by atoms with van der Waals surface area (Å²) in [4.78, 5) is 0. The fourth-order valence-electron chi connectivity index (χ4n) is 2.47. The Morgan fingerprint density at radius 1 is 1.21 bits per heavy atom. The van der Waals surface area contributed by atoms with Crippen LogP contribution in [0.2, 0.25) is 0 Å². The first-order valence-corrected chi connectivity index (χ1v) is 6.64. The van der Waals surface area contributed by atoms with Gasteiger partial charge in [-0.2, -0.15) is 15.4 Å². The number of hydrogen-bond donors (Lipinski definition) is 3. The van der Waals surface area contributed by atoms with E-state index in [4.69, 9.17) is 0 Å². The van der Waals surface area contributed by atoms with E-state index in [2.05, 4.69) is 20.7 Å². The molecule has 2 aromatic rings. The van der Waals surface area contributed by atoms with Gasteiger partial charge in [0, 0.05) is 17.6 Å². The van der Waals surface area contributed by atoms with E-state index in [1.54, 1.807) is 0 Å². The second-order valence-electron chi connectivity index (χ2n) is 5.13. The molecule has 5 heteroatoms. The molecule has 100 valence electrons. The standard InChI is InChI=1S/C14H18N4O/c19-10-14(7-4-8-14)15-9-12-13(17-18-16-12)11-5-2-1-3-6-11/h1-3,5-6,15,19H,4,7-10H2,(H,16,17,18). The van der Waals surface area contributed by atoms with Crippen LogP contribution < -0.4 is 5.32 Å². The van der Waals surface area contributed by atoms with E-state index >= 15 is 0 Å². The van der Waals surface area contributed by atoms with Crippen LogP contribution in [0.1, 0.15) is 25.0 Å². The number of hydrogen-bond acceptors (Lipinski definition) is 4. The molecule has 1 saturated carbocycles. The van der Waals surface area contributed by atoms with Gasteiger partial charge < -0.3 is 10.4 Å². The van der Waals surface area contributed by atoms with Gasteiger partial charge in [0.2, 0.25) is 0 Å².